The van der Waals surface area contributed by atoms with Crippen molar-refractivity contribution < 1.29 is 13.9 Å². The molecule has 5 rings (SSSR count). The molecule has 0 radical (unpaired) electrons. The fourth-order valence-corrected chi connectivity index (χ4v) is 4.82. The van der Waals surface area contributed by atoms with Crippen molar-refractivity contribution in [3.05, 3.63) is 78.1 Å². The molecule has 7 nitrogen and oxygen atoms in total. The van der Waals surface area contributed by atoms with E-state index >= 15 is 0 Å². The van der Waals surface area contributed by atoms with Crippen LogP contribution < -0.4 is 20.7 Å². The van der Waals surface area contributed by atoms with Crippen LogP contribution in [0.1, 0.15) is 23.2 Å². The smallest absolute Gasteiger partial charge is 0.255 e. The van der Waals surface area contributed by atoms with Gasteiger partial charge in [-0.05, 0) is 98.6 Å². The Morgan fingerprint density at radius 2 is 1.79 bits per heavy atom. The summed E-state index contributed by atoms with van der Waals surface area (Å²) in [4.78, 5) is 22.0. The third-order valence-corrected chi connectivity index (χ3v) is 7.14. The van der Waals surface area contributed by atoms with Gasteiger partial charge in [-0.3, -0.25) is 4.79 Å². The highest BCUT2D eigenvalue weighted by Gasteiger charge is 2.14. The standard InChI is InChI=1S/C30H28FN5O2S/c1-2-17-39-30-35-27-12-9-24(34-29(37)21-3-5-22(31)6-4-21)18-26(27)28(36-30)33-23-7-10-25(11-8-23)38-19-20-13-15-32-16-14-20/h1,3-12,18,20,32H,13-17,19H2,(H,34,37)(H,33,35,36). The van der Waals surface area contributed by atoms with Crippen LogP contribution in [-0.2, 0) is 0 Å². The number of thioether (sulfide) groups is 1. The molecule has 3 N–H and O–H groups in total. The van der Waals surface area contributed by atoms with Crippen LogP contribution in [0.15, 0.2) is 71.9 Å². The third-order valence-electron chi connectivity index (χ3n) is 6.39. The number of amides is 1. The van der Waals surface area contributed by atoms with E-state index in [0.29, 0.717) is 46.0 Å². The number of carbonyl (C=O) groups is 1. The zero-order chi connectivity index (χ0) is 27.0. The molecule has 0 unspecified atom stereocenters. The molecule has 2 heterocycles. The number of fused-ring (bicyclic) bond motifs is 1. The minimum Gasteiger partial charge on any atom is -0.493 e. The van der Waals surface area contributed by atoms with E-state index in [1.54, 1.807) is 6.07 Å². The summed E-state index contributed by atoms with van der Waals surface area (Å²) in [5.74, 6) is 4.29. The highest BCUT2D eigenvalue weighted by molar-refractivity contribution is 7.99. The monoisotopic (exact) mass is 541 g/mol. The molecule has 39 heavy (non-hydrogen) atoms. The summed E-state index contributed by atoms with van der Waals surface area (Å²) >= 11 is 1.37. The highest BCUT2D eigenvalue weighted by Crippen LogP contribution is 2.30. The summed E-state index contributed by atoms with van der Waals surface area (Å²) < 4.78 is 19.3. The lowest BCUT2D eigenvalue weighted by atomic mass is 9.99. The number of carbonyl (C=O) groups excluding carboxylic acids is 1. The number of aromatic nitrogens is 2. The summed E-state index contributed by atoms with van der Waals surface area (Å²) in [6.45, 7) is 2.80. The van der Waals surface area contributed by atoms with E-state index in [4.69, 9.17) is 16.1 Å². The Hall–Kier alpha value is -4.13. The third kappa shape index (κ3) is 7.05. The quantitative estimate of drug-likeness (QED) is 0.139. The first-order valence-corrected chi connectivity index (χ1v) is 13.7. The van der Waals surface area contributed by atoms with E-state index in [1.165, 1.54) is 36.0 Å². The number of terminal acetylenes is 1. The van der Waals surface area contributed by atoms with Crippen molar-refractivity contribution in [2.45, 2.75) is 18.0 Å². The lowest BCUT2D eigenvalue weighted by Crippen LogP contribution is -2.30. The summed E-state index contributed by atoms with van der Waals surface area (Å²) in [7, 11) is 0. The molecular weight excluding hydrogens is 513 g/mol. The van der Waals surface area contributed by atoms with Gasteiger partial charge in [0.05, 0.1) is 17.9 Å². The molecule has 0 spiro atoms. The maximum Gasteiger partial charge on any atom is 0.255 e. The van der Waals surface area contributed by atoms with Crippen molar-refractivity contribution in [3.8, 4) is 18.1 Å². The number of nitrogens with one attached hydrogen (secondary N) is 3. The molecule has 3 aromatic carbocycles. The van der Waals surface area contributed by atoms with Crippen LogP contribution in [0.2, 0.25) is 0 Å². The van der Waals surface area contributed by atoms with Crippen LogP contribution in [0.4, 0.5) is 21.6 Å². The lowest BCUT2D eigenvalue weighted by molar-refractivity contribution is 0.102. The number of anilines is 3. The van der Waals surface area contributed by atoms with Crippen LogP contribution >= 0.6 is 11.8 Å². The number of piperidine rings is 1. The van der Waals surface area contributed by atoms with Crippen molar-refractivity contribution in [1.82, 2.24) is 15.3 Å². The van der Waals surface area contributed by atoms with Gasteiger partial charge in [0, 0.05) is 22.3 Å². The van der Waals surface area contributed by atoms with E-state index in [2.05, 4.69) is 26.9 Å². The second-order valence-electron chi connectivity index (χ2n) is 9.19. The first kappa shape index (κ1) is 26.5. The molecule has 0 saturated carbocycles. The van der Waals surface area contributed by atoms with Gasteiger partial charge in [0.15, 0.2) is 5.16 Å². The fourth-order valence-electron chi connectivity index (χ4n) is 4.29. The van der Waals surface area contributed by atoms with Crippen molar-refractivity contribution in [1.29, 1.82) is 0 Å². The molecule has 0 atom stereocenters. The largest absolute Gasteiger partial charge is 0.493 e. The maximum atomic E-state index is 13.2. The fraction of sp³-hybridized carbons (Fsp3) is 0.233. The number of benzene rings is 3. The van der Waals surface area contributed by atoms with E-state index in [9.17, 15) is 9.18 Å². The van der Waals surface area contributed by atoms with Gasteiger partial charge in [0.2, 0.25) is 0 Å². The summed E-state index contributed by atoms with van der Waals surface area (Å²) in [6, 6.07) is 18.6. The van der Waals surface area contributed by atoms with Crippen molar-refractivity contribution in [2.75, 3.05) is 36.1 Å². The van der Waals surface area contributed by atoms with E-state index in [-0.39, 0.29) is 5.91 Å². The number of ether oxygens (including phenoxy) is 1. The number of nitrogens with zero attached hydrogens (tertiary/aromatic N) is 2. The molecular formula is C30H28FN5O2S. The van der Waals surface area contributed by atoms with Crippen LogP contribution in [0.5, 0.6) is 5.75 Å². The predicted octanol–water partition coefficient (Wildman–Crippen LogP) is 5.87. The van der Waals surface area contributed by atoms with Crippen LogP contribution in [0.3, 0.4) is 0 Å². The maximum absolute atomic E-state index is 13.2. The Bertz CT molecular complexity index is 1480. The van der Waals surface area contributed by atoms with Gasteiger partial charge in [-0.25, -0.2) is 14.4 Å². The molecule has 1 amide bonds. The van der Waals surface area contributed by atoms with Gasteiger partial charge < -0.3 is 20.7 Å². The van der Waals surface area contributed by atoms with Gasteiger partial charge in [-0.2, -0.15) is 0 Å². The first-order valence-electron chi connectivity index (χ1n) is 12.7. The van der Waals surface area contributed by atoms with Crippen molar-refractivity contribution in [3.63, 3.8) is 0 Å². The zero-order valence-electron chi connectivity index (χ0n) is 21.2. The molecule has 0 bridgehead atoms. The topological polar surface area (TPSA) is 88.2 Å². The van der Waals surface area contributed by atoms with Crippen molar-refractivity contribution >= 4 is 45.8 Å². The molecule has 1 aliphatic rings. The van der Waals surface area contributed by atoms with Crippen LogP contribution in [0, 0.1) is 24.1 Å². The number of hydrogen-bond acceptors (Lipinski definition) is 7. The second kappa shape index (κ2) is 12.6. The molecule has 1 fully saturated rings. The molecule has 9 heteroatoms. The lowest BCUT2D eigenvalue weighted by Gasteiger charge is -2.22. The average molecular weight is 542 g/mol. The van der Waals surface area contributed by atoms with Gasteiger partial charge in [0.1, 0.15) is 17.4 Å². The van der Waals surface area contributed by atoms with Gasteiger partial charge in [-0.15, -0.1) is 6.42 Å². The Morgan fingerprint density at radius 1 is 1.05 bits per heavy atom. The number of hydrogen-bond donors (Lipinski definition) is 3. The van der Waals surface area contributed by atoms with E-state index < -0.39 is 5.82 Å². The SMILES string of the molecule is C#CCSc1nc(Nc2ccc(OCC3CCNCC3)cc2)c2cc(NC(=O)c3ccc(F)cc3)ccc2n1. The summed E-state index contributed by atoms with van der Waals surface area (Å²) in [6.07, 6.45) is 7.70. The first-order chi connectivity index (χ1) is 19.1. The van der Waals surface area contributed by atoms with Gasteiger partial charge >= 0.3 is 0 Å². The molecule has 1 aromatic heterocycles. The minimum atomic E-state index is -0.398. The number of halogens is 1. The van der Waals surface area contributed by atoms with Crippen molar-refractivity contribution in [2.24, 2.45) is 5.92 Å². The molecule has 198 valence electrons. The zero-order valence-corrected chi connectivity index (χ0v) is 22.1. The van der Waals surface area contributed by atoms with Gasteiger partial charge in [0.25, 0.3) is 5.91 Å². The predicted molar refractivity (Wildman–Crippen MR) is 154 cm³/mol. The van der Waals surface area contributed by atoms with Gasteiger partial charge in [-0.1, -0.05) is 17.7 Å². The normalized spacial score (nSPS) is 13.5. The van der Waals surface area contributed by atoms with Crippen LogP contribution in [0.25, 0.3) is 10.9 Å². The Kier molecular flexibility index (Phi) is 8.56. The average Bonchev–Trinajstić information content (AvgIpc) is 2.97. The Balaban J connectivity index is 1.36. The highest BCUT2D eigenvalue weighted by atomic mass is 32.2. The molecule has 0 aliphatic carbocycles. The molecule has 1 saturated heterocycles. The summed E-state index contributed by atoms with van der Waals surface area (Å²) in [5, 5.41) is 10.9. The number of rotatable bonds is 9. The summed E-state index contributed by atoms with van der Waals surface area (Å²) in [5.41, 5.74) is 2.45. The Labute approximate surface area is 231 Å². The Morgan fingerprint density at radius 3 is 2.54 bits per heavy atom. The molecule has 1 aliphatic heterocycles. The van der Waals surface area contributed by atoms with Crippen LogP contribution in [-0.4, -0.2) is 41.3 Å². The molecule has 4 aromatic rings. The van der Waals surface area contributed by atoms with E-state index in [0.717, 1.165) is 42.8 Å². The minimum absolute atomic E-state index is 0.342. The second-order valence-corrected chi connectivity index (χ2v) is 10.1. The van der Waals surface area contributed by atoms with E-state index in [1.807, 2.05) is 36.4 Å².